The summed E-state index contributed by atoms with van der Waals surface area (Å²) in [5.74, 6) is 0. The molecule has 0 amide bonds. The molecule has 0 bridgehead atoms. The normalized spacial score (nSPS) is 28.6. The van der Waals surface area contributed by atoms with Crippen LogP contribution in [0.1, 0.15) is 44.7 Å². The highest BCUT2D eigenvalue weighted by molar-refractivity contribution is 6.31. The number of ether oxygens (including phenoxy) is 1. The van der Waals surface area contributed by atoms with Crippen LogP contribution in [0.3, 0.4) is 0 Å². The van der Waals surface area contributed by atoms with E-state index in [0.717, 1.165) is 37.9 Å². The molecule has 0 aliphatic heterocycles. The Morgan fingerprint density at radius 1 is 1.61 bits per heavy atom. The van der Waals surface area contributed by atoms with Gasteiger partial charge in [0, 0.05) is 13.7 Å². The van der Waals surface area contributed by atoms with Crippen LogP contribution in [0.2, 0.25) is 5.02 Å². The largest absolute Gasteiger partial charge is 0.381 e. The Hall–Kier alpha value is -0.580. The van der Waals surface area contributed by atoms with Crippen molar-refractivity contribution in [3.63, 3.8) is 0 Å². The van der Waals surface area contributed by atoms with Gasteiger partial charge in [0.15, 0.2) is 0 Å². The van der Waals surface area contributed by atoms with Crippen LogP contribution in [0.5, 0.6) is 0 Å². The van der Waals surface area contributed by atoms with Gasteiger partial charge in [-0.3, -0.25) is 4.68 Å². The van der Waals surface area contributed by atoms with Crippen LogP contribution in [-0.4, -0.2) is 28.1 Å². The van der Waals surface area contributed by atoms with Gasteiger partial charge >= 0.3 is 0 Å². The molecule has 1 saturated carbocycles. The van der Waals surface area contributed by atoms with Crippen molar-refractivity contribution in [3.8, 4) is 0 Å². The zero-order chi connectivity index (χ0) is 13.2. The number of hydrogen-bond donors (Lipinski definition) is 1. The van der Waals surface area contributed by atoms with Crippen molar-refractivity contribution in [1.29, 1.82) is 0 Å². The Morgan fingerprint density at radius 3 is 3.06 bits per heavy atom. The number of aliphatic hydroxyl groups is 1. The van der Waals surface area contributed by atoms with Gasteiger partial charge in [0.2, 0.25) is 0 Å². The summed E-state index contributed by atoms with van der Waals surface area (Å²) >= 11 is 6.23. The molecule has 0 aromatic carbocycles. The summed E-state index contributed by atoms with van der Waals surface area (Å²) in [6.45, 7) is 2.85. The lowest BCUT2D eigenvalue weighted by molar-refractivity contribution is -0.127. The minimum atomic E-state index is -1.00. The first-order valence-corrected chi connectivity index (χ1v) is 6.98. The van der Waals surface area contributed by atoms with Crippen LogP contribution in [-0.2, 0) is 16.9 Å². The molecule has 1 aromatic rings. The Labute approximate surface area is 113 Å². The predicted octanol–water partition coefficient (Wildman–Crippen LogP) is 2.72. The van der Waals surface area contributed by atoms with Gasteiger partial charge in [-0.25, -0.2) is 0 Å². The number of rotatable bonds is 4. The standard InChI is InChI=1S/C13H21ClN2O2/c1-3-8-16-12(10(14)9-15-16)13(17)7-5-4-6-11(13)18-2/h9,11,17H,3-8H2,1-2H3. The lowest BCUT2D eigenvalue weighted by Crippen LogP contribution is -2.45. The van der Waals surface area contributed by atoms with Gasteiger partial charge in [-0.2, -0.15) is 5.10 Å². The molecule has 1 aliphatic rings. The minimum Gasteiger partial charge on any atom is -0.381 e. The van der Waals surface area contributed by atoms with Crippen LogP contribution >= 0.6 is 11.6 Å². The molecule has 2 atom stereocenters. The molecule has 2 rings (SSSR count). The number of aryl methyl sites for hydroxylation is 1. The van der Waals surface area contributed by atoms with Gasteiger partial charge in [-0.15, -0.1) is 0 Å². The fraction of sp³-hybridized carbons (Fsp3) is 0.769. The fourth-order valence-electron chi connectivity index (χ4n) is 2.88. The summed E-state index contributed by atoms with van der Waals surface area (Å²) in [5.41, 5.74) is -0.284. The van der Waals surface area contributed by atoms with Crippen LogP contribution in [0, 0.1) is 0 Å². The zero-order valence-electron chi connectivity index (χ0n) is 11.0. The number of halogens is 1. The van der Waals surface area contributed by atoms with E-state index in [1.807, 2.05) is 4.68 Å². The first kappa shape index (κ1) is 13.8. The highest BCUT2D eigenvalue weighted by atomic mass is 35.5. The van der Waals surface area contributed by atoms with Crippen molar-refractivity contribution < 1.29 is 9.84 Å². The maximum Gasteiger partial charge on any atom is 0.134 e. The quantitative estimate of drug-likeness (QED) is 0.917. The van der Waals surface area contributed by atoms with Gasteiger partial charge in [-0.1, -0.05) is 24.9 Å². The van der Waals surface area contributed by atoms with Crippen molar-refractivity contribution in [1.82, 2.24) is 9.78 Å². The topological polar surface area (TPSA) is 47.3 Å². The average Bonchev–Trinajstić information content (AvgIpc) is 2.72. The van der Waals surface area contributed by atoms with Crippen LogP contribution in [0.4, 0.5) is 0 Å². The molecule has 1 fully saturated rings. The summed E-state index contributed by atoms with van der Waals surface area (Å²) in [4.78, 5) is 0. The van der Waals surface area contributed by atoms with Gasteiger partial charge < -0.3 is 9.84 Å². The molecule has 1 heterocycles. The zero-order valence-corrected chi connectivity index (χ0v) is 11.8. The molecule has 4 nitrogen and oxygen atoms in total. The smallest absolute Gasteiger partial charge is 0.134 e. The molecule has 1 N–H and O–H groups in total. The average molecular weight is 273 g/mol. The third-order valence-electron chi connectivity index (χ3n) is 3.73. The van der Waals surface area contributed by atoms with E-state index in [2.05, 4.69) is 12.0 Å². The van der Waals surface area contributed by atoms with Crippen molar-refractivity contribution in [2.75, 3.05) is 7.11 Å². The molecular formula is C13H21ClN2O2. The van der Waals surface area contributed by atoms with Crippen molar-refractivity contribution in [2.45, 2.75) is 57.3 Å². The van der Waals surface area contributed by atoms with E-state index in [-0.39, 0.29) is 6.10 Å². The molecule has 18 heavy (non-hydrogen) atoms. The molecule has 0 spiro atoms. The number of methoxy groups -OCH3 is 1. The summed E-state index contributed by atoms with van der Waals surface area (Å²) in [7, 11) is 1.65. The Morgan fingerprint density at radius 2 is 2.39 bits per heavy atom. The highest BCUT2D eigenvalue weighted by Crippen LogP contribution is 2.41. The summed E-state index contributed by atoms with van der Waals surface area (Å²) in [5, 5.41) is 15.8. The molecule has 1 aromatic heterocycles. The van der Waals surface area contributed by atoms with E-state index in [0.29, 0.717) is 11.4 Å². The highest BCUT2D eigenvalue weighted by Gasteiger charge is 2.44. The third-order valence-corrected chi connectivity index (χ3v) is 4.01. The second-order valence-corrected chi connectivity index (χ2v) is 5.37. The van der Waals surface area contributed by atoms with Gasteiger partial charge in [-0.05, 0) is 25.7 Å². The Balaban J connectivity index is 2.40. The van der Waals surface area contributed by atoms with E-state index in [9.17, 15) is 5.11 Å². The number of nitrogens with zero attached hydrogens (tertiary/aromatic N) is 2. The number of aromatic nitrogens is 2. The molecule has 0 saturated heterocycles. The van der Waals surface area contributed by atoms with Crippen LogP contribution in [0.15, 0.2) is 6.20 Å². The third kappa shape index (κ3) is 2.29. The molecule has 1 aliphatic carbocycles. The lowest BCUT2D eigenvalue weighted by atomic mass is 9.79. The Kier molecular flexibility index (Phi) is 4.30. The first-order valence-electron chi connectivity index (χ1n) is 6.60. The van der Waals surface area contributed by atoms with Crippen molar-refractivity contribution in [3.05, 3.63) is 16.9 Å². The predicted molar refractivity (Wildman–Crippen MR) is 70.7 cm³/mol. The van der Waals surface area contributed by atoms with E-state index in [1.165, 1.54) is 0 Å². The van der Waals surface area contributed by atoms with E-state index >= 15 is 0 Å². The van der Waals surface area contributed by atoms with Crippen LogP contribution < -0.4 is 0 Å². The summed E-state index contributed by atoms with van der Waals surface area (Å²) in [6, 6.07) is 0. The van der Waals surface area contributed by atoms with Crippen molar-refractivity contribution in [2.24, 2.45) is 0 Å². The molecule has 0 radical (unpaired) electrons. The summed E-state index contributed by atoms with van der Waals surface area (Å²) < 4.78 is 7.29. The maximum atomic E-state index is 11.0. The monoisotopic (exact) mass is 272 g/mol. The lowest BCUT2D eigenvalue weighted by Gasteiger charge is -2.39. The maximum absolute atomic E-state index is 11.0. The Bertz CT molecular complexity index is 408. The van der Waals surface area contributed by atoms with Gasteiger partial charge in [0.1, 0.15) is 5.60 Å². The van der Waals surface area contributed by atoms with Crippen LogP contribution in [0.25, 0.3) is 0 Å². The van der Waals surface area contributed by atoms with Gasteiger partial charge in [0.25, 0.3) is 0 Å². The molecular weight excluding hydrogens is 252 g/mol. The van der Waals surface area contributed by atoms with Gasteiger partial charge in [0.05, 0.1) is 23.0 Å². The van der Waals surface area contributed by atoms with Crippen molar-refractivity contribution >= 4 is 11.6 Å². The fourth-order valence-corrected chi connectivity index (χ4v) is 3.19. The second-order valence-electron chi connectivity index (χ2n) is 4.96. The first-order chi connectivity index (χ1) is 8.63. The summed E-state index contributed by atoms with van der Waals surface area (Å²) in [6.07, 6.45) is 5.99. The van der Waals surface area contributed by atoms with E-state index < -0.39 is 5.60 Å². The second kappa shape index (κ2) is 5.59. The minimum absolute atomic E-state index is 0.198. The molecule has 5 heteroatoms. The van der Waals surface area contributed by atoms with E-state index in [1.54, 1.807) is 13.3 Å². The molecule has 2 unspecified atom stereocenters. The molecule has 102 valence electrons. The SMILES string of the molecule is CCCn1ncc(Cl)c1C1(O)CCCCC1OC. The number of hydrogen-bond acceptors (Lipinski definition) is 3. The van der Waals surface area contributed by atoms with E-state index in [4.69, 9.17) is 16.3 Å².